The second-order valence-corrected chi connectivity index (χ2v) is 7.44. The number of hydrogen-bond acceptors (Lipinski definition) is 4. The summed E-state index contributed by atoms with van der Waals surface area (Å²) < 4.78 is 5.59. The number of piperazine rings is 1. The van der Waals surface area contributed by atoms with E-state index in [2.05, 4.69) is 10.2 Å². The van der Waals surface area contributed by atoms with Crippen molar-refractivity contribution in [3.05, 3.63) is 35.6 Å². The number of nitrogens with zero attached hydrogens (tertiary/aromatic N) is 2. The van der Waals surface area contributed by atoms with Gasteiger partial charge in [-0.2, -0.15) is 0 Å². The standard InChI is InChI=1S/C20H25N3O3.ClH/c1-14-2-5-17-15(13-26-18(17)10-14)11-20(25)23-8-6-22(7-9-23)12-19(24)21-16-3-4-16;/h2,5,10,13,16H,3-4,6-9,11-12H2,1H3,(H,21,24);1H. The highest BCUT2D eigenvalue weighted by atomic mass is 35.5. The van der Waals surface area contributed by atoms with Gasteiger partial charge in [0.05, 0.1) is 19.2 Å². The van der Waals surface area contributed by atoms with Gasteiger partial charge in [0.25, 0.3) is 0 Å². The summed E-state index contributed by atoms with van der Waals surface area (Å²) in [5.41, 5.74) is 2.92. The molecule has 0 spiro atoms. The largest absolute Gasteiger partial charge is 0.464 e. The average Bonchev–Trinajstić information content (AvgIpc) is 3.35. The first-order valence-corrected chi connectivity index (χ1v) is 9.35. The highest BCUT2D eigenvalue weighted by molar-refractivity contribution is 5.88. The van der Waals surface area contributed by atoms with E-state index in [0.29, 0.717) is 32.1 Å². The number of furan rings is 1. The molecule has 1 aromatic carbocycles. The van der Waals surface area contributed by atoms with Crippen LogP contribution in [-0.4, -0.2) is 60.4 Å². The molecule has 0 unspecified atom stereocenters. The van der Waals surface area contributed by atoms with Crippen LogP contribution in [0, 0.1) is 6.92 Å². The van der Waals surface area contributed by atoms with Crippen molar-refractivity contribution in [2.75, 3.05) is 32.7 Å². The van der Waals surface area contributed by atoms with Gasteiger partial charge in [0.1, 0.15) is 5.58 Å². The Morgan fingerprint density at radius 1 is 1.19 bits per heavy atom. The van der Waals surface area contributed by atoms with E-state index in [9.17, 15) is 9.59 Å². The number of nitrogens with one attached hydrogen (secondary N) is 1. The van der Waals surface area contributed by atoms with E-state index in [-0.39, 0.29) is 24.2 Å². The number of benzene rings is 1. The van der Waals surface area contributed by atoms with Crippen molar-refractivity contribution in [2.45, 2.75) is 32.2 Å². The number of hydrogen-bond donors (Lipinski definition) is 1. The van der Waals surface area contributed by atoms with Gasteiger partial charge < -0.3 is 14.6 Å². The van der Waals surface area contributed by atoms with Gasteiger partial charge in [-0.15, -0.1) is 12.4 Å². The number of carbonyl (C=O) groups is 2. The molecule has 146 valence electrons. The van der Waals surface area contributed by atoms with Crippen LogP contribution in [0.1, 0.15) is 24.0 Å². The van der Waals surface area contributed by atoms with Crippen LogP contribution in [0.2, 0.25) is 0 Å². The Hall–Kier alpha value is -2.05. The van der Waals surface area contributed by atoms with Gasteiger partial charge in [-0.3, -0.25) is 14.5 Å². The van der Waals surface area contributed by atoms with Crippen molar-refractivity contribution in [3.63, 3.8) is 0 Å². The summed E-state index contributed by atoms with van der Waals surface area (Å²) in [6.07, 6.45) is 4.27. The number of fused-ring (bicyclic) bond motifs is 1. The van der Waals surface area contributed by atoms with E-state index >= 15 is 0 Å². The third kappa shape index (κ3) is 4.82. The topological polar surface area (TPSA) is 65.8 Å². The minimum atomic E-state index is 0. The number of rotatable bonds is 5. The minimum absolute atomic E-state index is 0. The highest BCUT2D eigenvalue weighted by Crippen LogP contribution is 2.23. The third-order valence-corrected chi connectivity index (χ3v) is 5.19. The summed E-state index contributed by atoms with van der Waals surface area (Å²) in [6.45, 7) is 5.29. The molecule has 1 aliphatic heterocycles. The monoisotopic (exact) mass is 391 g/mol. The molecule has 2 heterocycles. The van der Waals surface area contributed by atoms with Gasteiger partial charge in [0.2, 0.25) is 11.8 Å². The Balaban J connectivity index is 0.00000210. The normalized spacial score (nSPS) is 17.6. The quantitative estimate of drug-likeness (QED) is 0.847. The lowest BCUT2D eigenvalue weighted by molar-refractivity contribution is -0.132. The van der Waals surface area contributed by atoms with Gasteiger partial charge in [-0.05, 0) is 31.4 Å². The van der Waals surface area contributed by atoms with Crippen LogP contribution in [-0.2, 0) is 16.0 Å². The molecule has 4 rings (SSSR count). The maximum absolute atomic E-state index is 12.6. The van der Waals surface area contributed by atoms with Crippen molar-refractivity contribution in [3.8, 4) is 0 Å². The Labute approximate surface area is 165 Å². The van der Waals surface area contributed by atoms with Crippen LogP contribution in [0.15, 0.2) is 28.9 Å². The van der Waals surface area contributed by atoms with Crippen LogP contribution in [0.4, 0.5) is 0 Å². The summed E-state index contributed by atoms with van der Waals surface area (Å²) in [6, 6.07) is 6.46. The first-order valence-electron chi connectivity index (χ1n) is 9.35. The Kier molecular flexibility index (Phi) is 6.07. The van der Waals surface area contributed by atoms with Crippen LogP contribution in [0.25, 0.3) is 11.0 Å². The molecule has 2 amide bonds. The SMILES string of the molecule is Cc1ccc2c(CC(=O)N3CCN(CC(=O)NC4CC4)CC3)coc2c1.Cl. The predicted octanol–water partition coefficient (Wildman–Crippen LogP) is 2.13. The zero-order valence-corrected chi connectivity index (χ0v) is 16.4. The molecule has 27 heavy (non-hydrogen) atoms. The van der Waals surface area contributed by atoms with Crippen LogP contribution in [0.3, 0.4) is 0 Å². The second kappa shape index (κ2) is 8.31. The second-order valence-electron chi connectivity index (χ2n) is 7.44. The summed E-state index contributed by atoms with van der Waals surface area (Å²) in [4.78, 5) is 28.6. The molecule has 2 fully saturated rings. The third-order valence-electron chi connectivity index (χ3n) is 5.19. The zero-order chi connectivity index (χ0) is 18.1. The minimum Gasteiger partial charge on any atom is -0.464 e. The Morgan fingerprint density at radius 3 is 2.63 bits per heavy atom. The Morgan fingerprint density at radius 2 is 1.93 bits per heavy atom. The fourth-order valence-electron chi connectivity index (χ4n) is 3.46. The lowest BCUT2D eigenvalue weighted by Crippen LogP contribution is -2.51. The fraction of sp³-hybridized carbons (Fsp3) is 0.500. The number of carbonyl (C=O) groups excluding carboxylic acids is 2. The van der Waals surface area contributed by atoms with E-state index in [4.69, 9.17) is 4.42 Å². The van der Waals surface area contributed by atoms with E-state index in [1.165, 1.54) is 0 Å². The molecule has 1 saturated carbocycles. The average molecular weight is 392 g/mol. The van der Waals surface area contributed by atoms with Gasteiger partial charge in [-0.1, -0.05) is 12.1 Å². The van der Waals surface area contributed by atoms with E-state index in [1.807, 2.05) is 30.0 Å². The molecule has 0 radical (unpaired) electrons. The maximum atomic E-state index is 12.6. The van der Waals surface area contributed by atoms with Crippen LogP contribution < -0.4 is 5.32 Å². The summed E-state index contributed by atoms with van der Waals surface area (Å²) >= 11 is 0. The van der Waals surface area contributed by atoms with Crippen molar-refractivity contribution >= 4 is 35.2 Å². The number of halogens is 1. The number of amides is 2. The molecule has 1 aliphatic carbocycles. The van der Waals surface area contributed by atoms with Crippen LogP contribution in [0.5, 0.6) is 0 Å². The van der Waals surface area contributed by atoms with Crippen molar-refractivity contribution in [1.82, 2.24) is 15.1 Å². The molecule has 2 aliphatic rings. The zero-order valence-electron chi connectivity index (χ0n) is 15.6. The highest BCUT2D eigenvalue weighted by Gasteiger charge is 2.26. The molecule has 1 aromatic heterocycles. The lowest BCUT2D eigenvalue weighted by atomic mass is 10.1. The van der Waals surface area contributed by atoms with E-state index in [0.717, 1.165) is 48.0 Å². The van der Waals surface area contributed by atoms with Gasteiger partial charge in [-0.25, -0.2) is 0 Å². The fourth-order valence-corrected chi connectivity index (χ4v) is 3.46. The van der Waals surface area contributed by atoms with E-state index < -0.39 is 0 Å². The molecule has 6 nitrogen and oxygen atoms in total. The van der Waals surface area contributed by atoms with Crippen LogP contribution >= 0.6 is 12.4 Å². The summed E-state index contributed by atoms with van der Waals surface area (Å²) in [7, 11) is 0. The van der Waals surface area contributed by atoms with Crippen molar-refractivity contribution < 1.29 is 14.0 Å². The molecule has 1 N–H and O–H groups in total. The lowest BCUT2D eigenvalue weighted by Gasteiger charge is -2.34. The predicted molar refractivity (Wildman–Crippen MR) is 106 cm³/mol. The molecule has 2 aromatic rings. The van der Waals surface area contributed by atoms with Gasteiger partial charge in [0.15, 0.2) is 0 Å². The van der Waals surface area contributed by atoms with Crippen molar-refractivity contribution in [2.24, 2.45) is 0 Å². The molecular formula is C20H26ClN3O3. The molecular weight excluding hydrogens is 366 g/mol. The summed E-state index contributed by atoms with van der Waals surface area (Å²) in [5.74, 6) is 0.225. The van der Waals surface area contributed by atoms with Gasteiger partial charge >= 0.3 is 0 Å². The Bertz CT molecular complexity index is 823. The maximum Gasteiger partial charge on any atom is 0.234 e. The first-order chi connectivity index (χ1) is 12.6. The number of aryl methyl sites for hydroxylation is 1. The van der Waals surface area contributed by atoms with Gasteiger partial charge in [0, 0.05) is 43.2 Å². The smallest absolute Gasteiger partial charge is 0.234 e. The van der Waals surface area contributed by atoms with Crippen molar-refractivity contribution in [1.29, 1.82) is 0 Å². The van der Waals surface area contributed by atoms with E-state index in [1.54, 1.807) is 6.26 Å². The summed E-state index contributed by atoms with van der Waals surface area (Å²) in [5, 5.41) is 4.03. The molecule has 0 atom stereocenters. The molecule has 0 bridgehead atoms. The molecule has 1 saturated heterocycles. The first kappa shape index (κ1) is 19.7. The molecule has 7 heteroatoms.